The molecule has 2 heterocycles. The maximum absolute atomic E-state index is 11.9. The number of fused-ring (bicyclic) bond motifs is 1. The van der Waals surface area contributed by atoms with Gasteiger partial charge in [-0.25, -0.2) is 9.79 Å². The van der Waals surface area contributed by atoms with E-state index in [0.717, 1.165) is 0 Å². The van der Waals surface area contributed by atoms with Gasteiger partial charge in [-0.15, -0.1) is 0 Å². The first-order valence-corrected chi connectivity index (χ1v) is 6.27. The molecule has 2 aliphatic heterocycles. The number of hydrogen-bond acceptors (Lipinski definition) is 5. The number of aliphatic imine (C=N–C) groups is 1. The van der Waals surface area contributed by atoms with Crippen molar-refractivity contribution in [2.45, 2.75) is 16.0 Å². The molecular weight excluding hydrogens is 302 g/mol. The van der Waals surface area contributed by atoms with Crippen LogP contribution in [0.5, 0.6) is 0 Å². The van der Waals surface area contributed by atoms with Gasteiger partial charge in [-0.2, -0.15) is 0 Å². The molecule has 2 rings (SSSR count). The molecule has 0 spiro atoms. The summed E-state index contributed by atoms with van der Waals surface area (Å²) in [7, 11) is 0. The third-order valence-corrected chi connectivity index (χ3v) is 2.79. The Labute approximate surface area is 119 Å². The van der Waals surface area contributed by atoms with Crippen LogP contribution in [-0.2, 0) is 4.74 Å². The summed E-state index contributed by atoms with van der Waals surface area (Å²) in [6.45, 7) is 0.0546. The van der Waals surface area contributed by atoms with Crippen molar-refractivity contribution < 1.29 is 9.53 Å². The highest BCUT2D eigenvalue weighted by Crippen LogP contribution is 2.27. The van der Waals surface area contributed by atoms with Crippen LogP contribution in [0.15, 0.2) is 17.1 Å². The van der Waals surface area contributed by atoms with E-state index in [1.54, 1.807) is 0 Å². The molecule has 0 saturated carbocycles. The zero-order chi connectivity index (χ0) is 13.3. The average Bonchev–Trinajstić information content (AvgIpc) is 2.64. The van der Waals surface area contributed by atoms with Gasteiger partial charge in [0, 0.05) is 6.54 Å². The molecule has 0 unspecified atom stereocenters. The number of nitrogens with two attached hydrogens (primary N) is 1. The molecule has 0 bridgehead atoms. The van der Waals surface area contributed by atoms with Gasteiger partial charge < -0.3 is 15.8 Å². The number of nitrogens with one attached hydrogen (secondary N) is 1. The third kappa shape index (κ3) is 3.13. The molecule has 0 aromatic heterocycles. The number of carbonyl (C=O) groups is 1. The lowest BCUT2D eigenvalue weighted by Crippen LogP contribution is -2.50. The first-order valence-electron chi connectivity index (χ1n) is 5.13. The van der Waals surface area contributed by atoms with E-state index in [1.165, 1.54) is 4.90 Å². The number of hydrogen-bond donors (Lipinski definition) is 2. The second kappa shape index (κ2) is 5.03. The second-order valence-corrected chi connectivity index (χ2v) is 6.36. The lowest BCUT2D eigenvalue weighted by molar-refractivity contribution is 0.0897. The fourth-order valence-electron chi connectivity index (χ4n) is 1.75. The van der Waals surface area contributed by atoms with Crippen molar-refractivity contribution in [3.8, 4) is 0 Å². The summed E-state index contributed by atoms with van der Waals surface area (Å²) in [5.41, 5.74) is 5.56. The van der Waals surface area contributed by atoms with Crippen LogP contribution in [-0.4, -0.2) is 46.1 Å². The van der Waals surface area contributed by atoms with E-state index >= 15 is 0 Å². The van der Waals surface area contributed by atoms with Gasteiger partial charge >= 0.3 is 6.09 Å². The van der Waals surface area contributed by atoms with Crippen LogP contribution in [0.4, 0.5) is 4.79 Å². The maximum Gasteiger partial charge on any atom is 0.412 e. The molecule has 3 N–H and O–H groups in total. The number of halogens is 3. The number of carbonyl (C=O) groups excluding carboxylic acids is 1. The summed E-state index contributed by atoms with van der Waals surface area (Å²) in [5, 5.41) is 2.93. The van der Waals surface area contributed by atoms with E-state index in [4.69, 9.17) is 45.3 Å². The molecule has 9 heteroatoms. The molecular formula is C9H11Cl3N4O2. The van der Waals surface area contributed by atoms with Gasteiger partial charge in [-0.05, 0) is 0 Å². The average molecular weight is 314 g/mol. The van der Waals surface area contributed by atoms with Gasteiger partial charge in [0.05, 0.1) is 6.04 Å². The minimum absolute atomic E-state index is 0.140. The van der Waals surface area contributed by atoms with Crippen LogP contribution in [0, 0.1) is 0 Å². The number of ether oxygens (including phenoxy) is 1. The van der Waals surface area contributed by atoms with Crippen LogP contribution in [0.1, 0.15) is 0 Å². The zero-order valence-electron chi connectivity index (χ0n) is 9.15. The Morgan fingerprint density at radius 1 is 1.67 bits per heavy atom. The Balaban J connectivity index is 2.00. The molecule has 0 aliphatic carbocycles. The van der Waals surface area contributed by atoms with E-state index in [1.807, 2.05) is 12.2 Å². The Morgan fingerprint density at radius 2 is 2.39 bits per heavy atom. The van der Waals surface area contributed by atoms with Crippen LogP contribution in [0.3, 0.4) is 0 Å². The molecule has 100 valence electrons. The highest BCUT2D eigenvalue weighted by atomic mass is 35.6. The predicted octanol–water partition coefficient (Wildman–Crippen LogP) is 0.978. The normalized spacial score (nSPS) is 26.4. The zero-order valence-corrected chi connectivity index (χ0v) is 11.4. The number of nitrogens with zero attached hydrogens (tertiary/aromatic N) is 2. The van der Waals surface area contributed by atoms with E-state index < -0.39 is 16.1 Å². The molecule has 2 aliphatic rings. The molecule has 0 aromatic carbocycles. The minimum Gasteiger partial charge on any atom is -0.445 e. The van der Waals surface area contributed by atoms with Gasteiger partial charge in [0.25, 0.3) is 0 Å². The van der Waals surface area contributed by atoms with Crippen molar-refractivity contribution in [1.82, 2.24) is 10.2 Å². The Hall–Kier alpha value is -0.850. The van der Waals surface area contributed by atoms with Gasteiger partial charge in [0.1, 0.15) is 6.61 Å². The largest absolute Gasteiger partial charge is 0.445 e. The van der Waals surface area contributed by atoms with Crippen LogP contribution >= 0.6 is 34.8 Å². The van der Waals surface area contributed by atoms with E-state index in [-0.39, 0.29) is 18.6 Å². The topological polar surface area (TPSA) is 80.0 Å². The molecule has 0 fully saturated rings. The fourth-order valence-corrected chi connectivity index (χ4v) is 1.92. The summed E-state index contributed by atoms with van der Waals surface area (Å²) in [6.07, 6.45) is 2.70. The lowest BCUT2D eigenvalue weighted by Gasteiger charge is -2.31. The summed E-state index contributed by atoms with van der Waals surface area (Å²) >= 11 is 16.5. The van der Waals surface area contributed by atoms with Crippen molar-refractivity contribution in [3.05, 3.63) is 12.2 Å². The number of alkyl halides is 3. The quantitative estimate of drug-likeness (QED) is 0.558. The first-order chi connectivity index (χ1) is 8.37. The Kier molecular flexibility index (Phi) is 3.79. The highest BCUT2D eigenvalue weighted by molar-refractivity contribution is 6.67. The minimum atomic E-state index is -1.63. The lowest BCUT2D eigenvalue weighted by atomic mass is 10.1. The fraction of sp³-hybridized carbons (Fsp3) is 0.556. The Bertz CT molecular complexity index is 407. The molecule has 1 amide bonds. The molecule has 18 heavy (non-hydrogen) atoms. The van der Waals surface area contributed by atoms with Crippen molar-refractivity contribution in [2.75, 3.05) is 13.2 Å². The molecule has 0 saturated heterocycles. The number of rotatable bonds is 1. The summed E-state index contributed by atoms with van der Waals surface area (Å²) in [4.78, 5) is 17.4. The van der Waals surface area contributed by atoms with Gasteiger partial charge in [0.15, 0.2) is 12.1 Å². The van der Waals surface area contributed by atoms with Gasteiger partial charge in [-0.1, -0.05) is 47.0 Å². The summed E-state index contributed by atoms with van der Waals surface area (Å²) in [5.74, 6) is 0.288. The van der Waals surface area contributed by atoms with Gasteiger partial charge in [0.2, 0.25) is 3.79 Å². The summed E-state index contributed by atoms with van der Waals surface area (Å²) < 4.78 is 3.28. The van der Waals surface area contributed by atoms with Crippen molar-refractivity contribution in [2.24, 2.45) is 10.7 Å². The van der Waals surface area contributed by atoms with Crippen molar-refractivity contribution >= 4 is 46.9 Å². The SMILES string of the molecule is NC1=N[C@@H]2[C@@H](C=CCN2C(=O)OCC(Cl)(Cl)Cl)N1. The predicted molar refractivity (Wildman–Crippen MR) is 69.8 cm³/mol. The molecule has 0 aromatic rings. The van der Waals surface area contributed by atoms with Crippen LogP contribution < -0.4 is 11.1 Å². The van der Waals surface area contributed by atoms with Crippen molar-refractivity contribution in [1.29, 1.82) is 0 Å². The number of amides is 1. The van der Waals surface area contributed by atoms with Crippen LogP contribution in [0.25, 0.3) is 0 Å². The first kappa shape index (κ1) is 13.6. The van der Waals surface area contributed by atoms with Gasteiger partial charge in [-0.3, -0.25) is 4.90 Å². The van der Waals surface area contributed by atoms with Crippen LogP contribution in [0.2, 0.25) is 0 Å². The van der Waals surface area contributed by atoms with E-state index in [9.17, 15) is 4.79 Å². The van der Waals surface area contributed by atoms with E-state index in [0.29, 0.717) is 6.54 Å². The number of guanidine groups is 1. The maximum atomic E-state index is 11.9. The van der Waals surface area contributed by atoms with Crippen molar-refractivity contribution in [3.63, 3.8) is 0 Å². The summed E-state index contributed by atoms with van der Waals surface area (Å²) in [6, 6.07) is -0.140. The monoisotopic (exact) mass is 312 g/mol. The smallest absolute Gasteiger partial charge is 0.412 e. The molecule has 2 atom stereocenters. The Morgan fingerprint density at radius 3 is 3.06 bits per heavy atom. The molecule has 6 nitrogen and oxygen atoms in total. The highest BCUT2D eigenvalue weighted by Gasteiger charge is 2.37. The standard InChI is InChI=1S/C9H11Cl3N4O2/c10-9(11,12)4-18-8(17)16-3-1-2-5-6(16)15-7(13)14-5/h1-2,5-6H,3-4H2,(H3,13,14,15)/t5-,6+/m1/s1. The van der Waals surface area contributed by atoms with E-state index in [2.05, 4.69) is 10.3 Å². The third-order valence-electron chi connectivity index (χ3n) is 2.47. The second-order valence-electron chi connectivity index (χ2n) is 3.85. The molecule has 0 radical (unpaired) electrons.